The van der Waals surface area contributed by atoms with Gasteiger partial charge in [-0.1, -0.05) is 0 Å². The molecule has 21 heavy (non-hydrogen) atoms. The number of hydrogen-bond donors (Lipinski definition) is 1. The molecule has 0 unspecified atom stereocenters. The number of rotatable bonds is 4. The van der Waals surface area contributed by atoms with Crippen molar-refractivity contribution in [2.45, 2.75) is 25.4 Å². The van der Waals surface area contributed by atoms with Crippen molar-refractivity contribution < 1.29 is 19.0 Å². The second kappa shape index (κ2) is 6.91. The van der Waals surface area contributed by atoms with Crippen LogP contribution in [-0.4, -0.2) is 44.8 Å². The number of ether oxygens (including phenoxy) is 3. The number of carbonyl (C=O) groups is 1. The summed E-state index contributed by atoms with van der Waals surface area (Å²) in [7, 11) is 0. The first kappa shape index (κ1) is 14.4. The number of piperidine rings is 1. The van der Waals surface area contributed by atoms with E-state index in [4.69, 9.17) is 14.2 Å². The molecule has 5 nitrogen and oxygen atoms in total. The van der Waals surface area contributed by atoms with Crippen LogP contribution in [0.3, 0.4) is 0 Å². The minimum atomic E-state index is -0.0100. The normalized spacial score (nSPS) is 19.0. The molecule has 114 valence electrons. The van der Waals surface area contributed by atoms with Gasteiger partial charge in [-0.25, -0.2) is 0 Å². The van der Waals surface area contributed by atoms with Gasteiger partial charge in [-0.3, -0.25) is 4.79 Å². The molecule has 1 saturated heterocycles. The van der Waals surface area contributed by atoms with Crippen molar-refractivity contribution in [2.24, 2.45) is 0 Å². The van der Waals surface area contributed by atoms with Crippen molar-refractivity contribution >= 4 is 5.78 Å². The first-order valence-electron chi connectivity index (χ1n) is 7.58. The minimum Gasteiger partial charge on any atom is -0.490 e. The summed E-state index contributed by atoms with van der Waals surface area (Å²) in [6, 6.07) is 5.34. The smallest absolute Gasteiger partial charge is 0.188 e. The van der Waals surface area contributed by atoms with Gasteiger partial charge in [-0.05, 0) is 44.1 Å². The van der Waals surface area contributed by atoms with Crippen molar-refractivity contribution in [3.05, 3.63) is 23.8 Å². The van der Waals surface area contributed by atoms with Gasteiger partial charge < -0.3 is 19.5 Å². The number of carbonyl (C=O) groups excluding carboxylic acids is 1. The molecule has 1 fully saturated rings. The van der Waals surface area contributed by atoms with Crippen molar-refractivity contribution in [1.29, 1.82) is 0 Å². The summed E-state index contributed by atoms with van der Waals surface area (Å²) in [5.74, 6) is 1.35. The van der Waals surface area contributed by atoms with Crippen LogP contribution < -0.4 is 14.8 Å². The Morgan fingerprint density at radius 2 is 1.95 bits per heavy atom. The lowest BCUT2D eigenvalue weighted by Gasteiger charge is -2.22. The quantitative estimate of drug-likeness (QED) is 0.857. The largest absolute Gasteiger partial charge is 0.490 e. The van der Waals surface area contributed by atoms with Crippen LogP contribution in [0, 0.1) is 0 Å². The van der Waals surface area contributed by atoms with Crippen molar-refractivity contribution in [3.8, 4) is 11.5 Å². The van der Waals surface area contributed by atoms with E-state index in [2.05, 4.69) is 5.32 Å². The van der Waals surface area contributed by atoms with Gasteiger partial charge in [-0.2, -0.15) is 0 Å². The topological polar surface area (TPSA) is 56.8 Å². The number of fused-ring (bicyclic) bond motifs is 1. The lowest BCUT2D eigenvalue weighted by molar-refractivity contribution is 0.0317. The number of ketones is 1. The van der Waals surface area contributed by atoms with Crippen molar-refractivity contribution in [1.82, 2.24) is 5.32 Å². The molecule has 0 aliphatic carbocycles. The third-order valence-corrected chi connectivity index (χ3v) is 3.81. The molecular weight excluding hydrogens is 270 g/mol. The molecular formula is C16H21NO4. The monoisotopic (exact) mass is 291 g/mol. The second-order valence-corrected chi connectivity index (χ2v) is 5.40. The number of nitrogens with one attached hydrogen (secondary N) is 1. The Labute approximate surface area is 124 Å². The van der Waals surface area contributed by atoms with Gasteiger partial charge in [0.1, 0.15) is 6.61 Å². The van der Waals surface area contributed by atoms with E-state index in [1.165, 1.54) is 0 Å². The number of hydrogen-bond acceptors (Lipinski definition) is 5. The predicted octanol–water partition coefficient (Wildman–Crippen LogP) is 1.80. The Morgan fingerprint density at radius 1 is 1.19 bits per heavy atom. The maximum Gasteiger partial charge on any atom is 0.188 e. The van der Waals surface area contributed by atoms with Gasteiger partial charge in [0.2, 0.25) is 0 Å². The minimum absolute atomic E-state index is 0.0100. The molecule has 1 aromatic carbocycles. The van der Waals surface area contributed by atoms with E-state index in [9.17, 15) is 4.79 Å². The van der Waals surface area contributed by atoms with Crippen LogP contribution in [0.5, 0.6) is 11.5 Å². The molecule has 2 aliphatic rings. The maximum atomic E-state index is 12.2. The lowest BCUT2D eigenvalue weighted by Crippen LogP contribution is -2.33. The van der Waals surface area contributed by atoms with Crippen LogP contribution >= 0.6 is 0 Å². The van der Waals surface area contributed by atoms with Gasteiger partial charge >= 0.3 is 0 Å². The third-order valence-electron chi connectivity index (χ3n) is 3.81. The molecule has 5 heteroatoms. The molecule has 0 spiro atoms. The van der Waals surface area contributed by atoms with Gasteiger partial charge in [0.15, 0.2) is 17.3 Å². The third kappa shape index (κ3) is 3.74. The molecule has 0 aromatic heterocycles. The fraction of sp³-hybridized carbons (Fsp3) is 0.562. The van der Waals surface area contributed by atoms with Crippen molar-refractivity contribution in [3.63, 3.8) is 0 Å². The highest BCUT2D eigenvalue weighted by Crippen LogP contribution is 2.30. The van der Waals surface area contributed by atoms with Crippen LogP contribution in [0.25, 0.3) is 0 Å². The summed E-state index contributed by atoms with van der Waals surface area (Å²) in [5.41, 5.74) is 0.619. The molecule has 3 rings (SSSR count). The van der Waals surface area contributed by atoms with E-state index in [1.54, 1.807) is 18.2 Å². The zero-order chi connectivity index (χ0) is 14.5. The summed E-state index contributed by atoms with van der Waals surface area (Å²) < 4.78 is 16.9. The molecule has 0 radical (unpaired) electrons. The fourth-order valence-corrected chi connectivity index (χ4v) is 2.58. The highest BCUT2D eigenvalue weighted by atomic mass is 16.5. The van der Waals surface area contributed by atoms with Crippen LogP contribution in [0.2, 0.25) is 0 Å². The zero-order valence-corrected chi connectivity index (χ0v) is 12.1. The standard InChI is InChI=1S/C16H21NO4/c18-14(11-21-13-4-6-17-7-5-13)12-2-3-15-16(10-12)20-9-1-8-19-15/h2-3,10,13,17H,1,4-9,11H2. The number of benzene rings is 1. The Kier molecular flexibility index (Phi) is 4.72. The second-order valence-electron chi connectivity index (χ2n) is 5.40. The summed E-state index contributed by atoms with van der Waals surface area (Å²) in [5, 5.41) is 3.28. The van der Waals surface area contributed by atoms with Gasteiger partial charge in [0, 0.05) is 12.0 Å². The molecule has 1 aromatic rings. The molecule has 2 aliphatic heterocycles. The predicted molar refractivity (Wildman–Crippen MR) is 78.2 cm³/mol. The summed E-state index contributed by atoms with van der Waals surface area (Å²) >= 11 is 0. The molecule has 1 N–H and O–H groups in total. The Hall–Kier alpha value is -1.59. The van der Waals surface area contributed by atoms with E-state index in [1.807, 2.05) is 0 Å². The molecule has 0 saturated carbocycles. The Balaban J connectivity index is 1.60. The van der Waals surface area contributed by atoms with E-state index in [0.717, 1.165) is 32.4 Å². The molecule has 0 atom stereocenters. The van der Waals surface area contributed by atoms with Gasteiger partial charge in [-0.15, -0.1) is 0 Å². The van der Waals surface area contributed by atoms with E-state index >= 15 is 0 Å². The van der Waals surface area contributed by atoms with Gasteiger partial charge in [0.25, 0.3) is 0 Å². The van der Waals surface area contributed by atoms with E-state index in [0.29, 0.717) is 30.3 Å². The summed E-state index contributed by atoms with van der Waals surface area (Å²) in [6.07, 6.45) is 2.98. The fourth-order valence-electron chi connectivity index (χ4n) is 2.58. The summed E-state index contributed by atoms with van der Waals surface area (Å²) in [4.78, 5) is 12.2. The molecule has 0 bridgehead atoms. The Bertz CT molecular complexity index is 497. The number of Topliss-reactive ketones (excluding diaryl/α,β-unsaturated/α-hetero) is 1. The first-order valence-corrected chi connectivity index (χ1v) is 7.58. The Morgan fingerprint density at radius 3 is 2.76 bits per heavy atom. The highest BCUT2D eigenvalue weighted by Gasteiger charge is 2.17. The lowest BCUT2D eigenvalue weighted by atomic mass is 10.1. The zero-order valence-electron chi connectivity index (χ0n) is 12.1. The average Bonchev–Trinajstić information content (AvgIpc) is 2.78. The maximum absolute atomic E-state index is 12.2. The van der Waals surface area contributed by atoms with Crippen molar-refractivity contribution in [2.75, 3.05) is 32.9 Å². The molecule has 0 amide bonds. The van der Waals surface area contributed by atoms with E-state index in [-0.39, 0.29) is 18.5 Å². The average molecular weight is 291 g/mol. The van der Waals surface area contributed by atoms with Gasteiger partial charge in [0.05, 0.1) is 19.3 Å². The first-order chi connectivity index (χ1) is 10.3. The van der Waals surface area contributed by atoms with Crippen LogP contribution in [0.4, 0.5) is 0 Å². The van der Waals surface area contributed by atoms with Crippen LogP contribution in [0.15, 0.2) is 18.2 Å². The van der Waals surface area contributed by atoms with Crippen LogP contribution in [0.1, 0.15) is 29.6 Å². The van der Waals surface area contributed by atoms with E-state index < -0.39 is 0 Å². The summed E-state index contributed by atoms with van der Waals surface area (Å²) in [6.45, 7) is 3.32. The van der Waals surface area contributed by atoms with Crippen LogP contribution in [-0.2, 0) is 4.74 Å². The SMILES string of the molecule is O=C(COC1CCNCC1)c1ccc2c(c1)OCCCO2. The highest BCUT2D eigenvalue weighted by molar-refractivity contribution is 5.97. The molecule has 2 heterocycles.